The van der Waals surface area contributed by atoms with E-state index in [1.54, 1.807) is 12.1 Å². The summed E-state index contributed by atoms with van der Waals surface area (Å²) in [4.78, 5) is 11.9. The molecule has 0 fully saturated rings. The molecule has 0 spiro atoms. The van der Waals surface area contributed by atoms with Crippen LogP contribution in [-0.4, -0.2) is 21.4 Å². The molecule has 3 aromatic rings. The molecule has 1 amide bonds. The minimum absolute atomic E-state index is 0.101. The number of hydrogen-bond acceptors (Lipinski definition) is 4. The second kappa shape index (κ2) is 8.91. The van der Waals surface area contributed by atoms with Crippen LogP contribution >= 0.6 is 23.2 Å². The van der Waals surface area contributed by atoms with Crippen LogP contribution in [0.3, 0.4) is 0 Å². The van der Waals surface area contributed by atoms with Crippen LogP contribution in [0.4, 0.5) is 15.8 Å². The monoisotopic (exact) mass is 468 g/mol. The molecule has 3 aromatic carbocycles. The Labute approximate surface area is 182 Å². The molecule has 0 saturated carbocycles. The van der Waals surface area contributed by atoms with Gasteiger partial charge in [0.1, 0.15) is 11.6 Å². The molecule has 0 heterocycles. The van der Waals surface area contributed by atoms with Crippen molar-refractivity contribution in [2.75, 3.05) is 17.1 Å². The largest absolute Gasteiger partial charge is 0.495 e. The highest BCUT2D eigenvalue weighted by Gasteiger charge is 2.19. The first-order valence-corrected chi connectivity index (χ1v) is 10.7. The summed E-state index contributed by atoms with van der Waals surface area (Å²) < 4.78 is 47.2. The Morgan fingerprint density at radius 3 is 2.37 bits per heavy atom. The fourth-order valence-electron chi connectivity index (χ4n) is 2.55. The molecule has 0 aromatic heterocycles. The number of anilines is 2. The van der Waals surface area contributed by atoms with Crippen LogP contribution in [-0.2, 0) is 10.0 Å². The third kappa shape index (κ3) is 5.02. The summed E-state index contributed by atoms with van der Waals surface area (Å²) >= 11 is 11.8. The lowest BCUT2D eigenvalue weighted by Crippen LogP contribution is -2.16. The van der Waals surface area contributed by atoms with Crippen molar-refractivity contribution in [2.24, 2.45) is 0 Å². The van der Waals surface area contributed by atoms with Crippen molar-refractivity contribution in [1.82, 2.24) is 0 Å². The van der Waals surface area contributed by atoms with Crippen molar-refractivity contribution < 1.29 is 22.3 Å². The topological polar surface area (TPSA) is 84.5 Å². The number of carbonyl (C=O) groups is 1. The first kappa shape index (κ1) is 21.9. The van der Waals surface area contributed by atoms with Gasteiger partial charge in [0.25, 0.3) is 15.9 Å². The molecular formula is C20H15Cl2FN2O4S. The molecule has 2 N–H and O–H groups in total. The molecule has 10 heteroatoms. The molecule has 0 aliphatic heterocycles. The first-order valence-electron chi connectivity index (χ1n) is 8.42. The Morgan fingerprint density at radius 2 is 1.70 bits per heavy atom. The predicted molar refractivity (Wildman–Crippen MR) is 115 cm³/mol. The van der Waals surface area contributed by atoms with Crippen molar-refractivity contribution in [3.05, 3.63) is 82.1 Å². The van der Waals surface area contributed by atoms with Crippen molar-refractivity contribution in [3.8, 4) is 5.75 Å². The highest BCUT2D eigenvalue weighted by atomic mass is 35.5. The number of nitrogens with one attached hydrogen (secondary N) is 2. The SMILES string of the molecule is COc1ccc(Cl)cc1NS(=O)(=O)c1ccc(NC(=O)c2cccc(Cl)c2)c(F)c1. The van der Waals surface area contributed by atoms with E-state index < -0.39 is 21.7 Å². The van der Waals surface area contributed by atoms with Crippen molar-refractivity contribution >= 4 is 50.5 Å². The third-order valence-electron chi connectivity index (χ3n) is 3.99. The first-order chi connectivity index (χ1) is 14.2. The van der Waals surface area contributed by atoms with Gasteiger partial charge in [0.05, 0.1) is 23.4 Å². The zero-order valence-corrected chi connectivity index (χ0v) is 17.8. The standard InChI is InChI=1S/C20H15Cl2FN2O4S/c1-29-19-8-5-14(22)10-18(19)25-30(27,28)15-6-7-17(16(23)11-15)24-20(26)12-3-2-4-13(21)9-12/h2-11,25H,1H3,(H,24,26). The van der Waals surface area contributed by atoms with Gasteiger partial charge in [-0.3, -0.25) is 9.52 Å². The van der Waals surface area contributed by atoms with Gasteiger partial charge in [-0.15, -0.1) is 0 Å². The van der Waals surface area contributed by atoms with Gasteiger partial charge in [0, 0.05) is 15.6 Å². The molecule has 30 heavy (non-hydrogen) atoms. The van der Waals surface area contributed by atoms with Gasteiger partial charge >= 0.3 is 0 Å². The lowest BCUT2D eigenvalue weighted by Gasteiger charge is -2.13. The number of sulfonamides is 1. The highest BCUT2D eigenvalue weighted by Crippen LogP contribution is 2.30. The average molecular weight is 469 g/mol. The molecule has 0 aliphatic rings. The molecule has 0 unspecified atom stereocenters. The van der Waals surface area contributed by atoms with Crippen molar-refractivity contribution in [2.45, 2.75) is 4.90 Å². The van der Waals surface area contributed by atoms with Gasteiger partial charge in [-0.2, -0.15) is 0 Å². The molecule has 6 nitrogen and oxygen atoms in total. The normalized spacial score (nSPS) is 11.1. The molecular weight excluding hydrogens is 454 g/mol. The lowest BCUT2D eigenvalue weighted by atomic mass is 10.2. The second-order valence-electron chi connectivity index (χ2n) is 6.06. The van der Waals surface area contributed by atoms with Crippen molar-refractivity contribution in [1.29, 1.82) is 0 Å². The van der Waals surface area contributed by atoms with Gasteiger partial charge in [-0.25, -0.2) is 12.8 Å². The minimum atomic E-state index is -4.15. The number of amides is 1. The lowest BCUT2D eigenvalue weighted by molar-refractivity contribution is 0.102. The number of benzene rings is 3. The van der Waals surface area contributed by atoms with E-state index in [1.807, 2.05) is 0 Å². The van der Waals surface area contributed by atoms with Gasteiger partial charge < -0.3 is 10.1 Å². The number of halogens is 3. The Hall–Kier alpha value is -2.81. The van der Waals surface area contributed by atoms with E-state index >= 15 is 0 Å². The molecule has 3 rings (SSSR count). The average Bonchev–Trinajstić information content (AvgIpc) is 2.69. The molecule has 156 valence electrons. The second-order valence-corrected chi connectivity index (χ2v) is 8.61. The predicted octanol–water partition coefficient (Wildman–Crippen LogP) is 5.19. The van der Waals surface area contributed by atoms with E-state index in [4.69, 9.17) is 27.9 Å². The van der Waals surface area contributed by atoms with E-state index in [0.29, 0.717) is 10.0 Å². The smallest absolute Gasteiger partial charge is 0.262 e. The molecule has 0 atom stereocenters. The van der Waals surface area contributed by atoms with Crippen LogP contribution in [0.15, 0.2) is 65.6 Å². The van der Waals surface area contributed by atoms with Gasteiger partial charge in [0.2, 0.25) is 0 Å². The summed E-state index contributed by atoms with van der Waals surface area (Å²) in [6.45, 7) is 0. The zero-order chi connectivity index (χ0) is 21.9. The fraction of sp³-hybridized carbons (Fsp3) is 0.0500. The number of rotatable bonds is 6. The number of ether oxygens (including phenoxy) is 1. The minimum Gasteiger partial charge on any atom is -0.495 e. The number of hydrogen-bond donors (Lipinski definition) is 2. The van der Waals surface area contributed by atoms with E-state index in [2.05, 4.69) is 10.0 Å². The Bertz CT molecular complexity index is 1220. The van der Waals surface area contributed by atoms with E-state index in [1.165, 1.54) is 37.4 Å². The van der Waals surface area contributed by atoms with E-state index in [9.17, 15) is 17.6 Å². The Morgan fingerprint density at radius 1 is 0.967 bits per heavy atom. The molecule has 0 bridgehead atoms. The fourth-order valence-corrected chi connectivity index (χ4v) is 3.99. The number of methoxy groups -OCH3 is 1. The van der Waals surface area contributed by atoms with Crippen LogP contribution in [0.2, 0.25) is 10.0 Å². The molecule has 0 radical (unpaired) electrons. The molecule has 0 aliphatic carbocycles. The van der Waals surface area contributed by atoms with Crippen LogP contribution in [0.1, 0.15) is 10.4 Å². The maximum Gasteiger partial charge on any atom is 0.262 e. The summed E-state index contributed by atoms with van der Waals surface area (Å²) in [6.07, 6.45) is 0. The summed E-state index contributed by atoms with van der Waals surface area (Å²) in [7, 11) is -2.77. The van der Waals surface area contributed by atoms with E-state index in [0.717, 1.165) is 18.2 Å². The molecule has 0 saturated heterocycles. The number of carbonyl (C=O) groups excluding carboxylic acids is 1. The maximum absolute atomic E-state index is 14.5. The quantitative estimate of drug-likeness (QED) is 0.520. The summed E-state index contributed by atoms with van der Waals surface area (Å²) in [5.41, 5.74) is 0.149. The van der Waals surface area contributed by atoms with Crippen LogP contribution in [0.25, 0.3) is 0 Å². The Balaban J connectivity index is 1.84. The summed E-state index contributed by atoms with van der Waals surface area (Å²) in [5, 5.41) is 3.03. The van der Waals surface area contributed by atoms with Crippen LogP contribution in [0.5, 0.6) is 5.75 Å². The maximum atomic E-state index is 14.5. The highest BCUT2D eigenvalue weighted by molar-refractivity contribution is 7.92. The van der Waals surface area contributed by atoms with Crippen molar-refractivity contribution in [3.63, 3.8) is 0 Å². The van der Waals surface area contributed by atoms with E-state index in [-0.39, 0.29) is 27.6 Å². The summed E-state index contributed by atoms with van der Waals surface area (Å²) in [5.74, 6) is -1.27. The van der Waals surface area contributed by atoms with Crippen LogP contribution in [0, 0.1) is 5.82 Å². The van der Waals surface area contributed by atoms with Crippen LogP contribution < -0.4 is 14.8 Å². The van der Waals surface area contributed by atoms with Gasteiger partial charge in [-0.1, -0.05) is 29.3 Å². The Kier molecular flexibility index (Phi) is 6.50. The zero-order valence-electron chi connectivity index (χ0n) is 15.4. The third-order valence-corrected chi connectivity index (χ3v) is 5.83. The summed E-state index contributed by atoms with van der Waals surface area (Å²) in [6, 6.07) is 13.6. The van der Waals surface area contributed by atoms with Gasteiger partial charge in [-0.05, 0) is 54.6 Å². The van der Waals surface area contributed by atoms with Gasteiger partial charge in [0.15, 0.2) is 0 Å².